The molecule has 0 amide bonds. The van der Waals surface area contributed by atoms with Gasteiger partial charge in [0.1, 0.15) is 11.3 Å². The van der Waals surface area contributed by atoms with Crippen LogP contribution in [0, 0.1) is 0 Å². The van der Waals surface area contributed by atoms with Gasteiger partial charge in [-0.3, -0.25) is 0 Å². The molecule has 218 valence electrons. The number of hydrogen-bond acceptors (Lipinski definition) is 1. The molecule has 0 unspecified atom stereocenters. The zero-order chi connectivity index (χ0) is 30.9. The normalized spacial score (nSPS) is 11.8. The van der Waals surface area contributed by atoms with Crippen molar-refractivity contribution in [1.82, 2.24) is 0 Å². The molecule has 0 radical (unpaired) electrons. The van der Waals surface area contributed by atoms with E-state index in [1.54, 1.807) is 0 Å². The van der Waals surface area contributed by atoms with E-state index >= 15 is 0 Å². The second-order valence-electron chi connectivity index (χ2n) is 12.4. The highest BCUT2D eigenvalue weighted by molar-refractivity contribution is 6.28. The standard InChI is InChI=1S/C46H28O/c1-3-11-29(12-4-1)35-25-21-32-24-28-38-36(26-22-33-23-27-37(35)42(32)43(33)38)40-19-10-20-41-44(31-14-5-2-6-15-31)46(47-45(40)41)39-18-9-16-30-13-7-8-17-34(30)39/h1-28H. The predicted molar refractivity (Wildman–Crippen MR) is 199 cm³/mol. The van der Waals surface area contributed by atoms with Gasteiger partial charge in [-0.25, -0.2) is 0 Å². The van der Waals surface area contributed by atoms with Crippen LogP contribution >= 0.6 is 0 Å². The van der Waals surface area contributed by atoms with E-state index in [9.17, 15) is 0 Å². The molecule has 0 aliphatic carbocycles. The SMILES string of the molecule is c1ccc(-c2c(-c3cccc4ccccc34)oc3c(-c4ccc5ccc6c(-c7ccccc7)ccc7ccc4c5c76)cccc23)cc1. The predicted octanol–water partition coefficient (Wildman–Crippen LogP) is 13.2. The fourth-order valence-corrected chi connectivity index (χ4v) is 7.74. The summed E-state index contributed by atoms with van der Waals surface area (Å²) in [6.07, 6.45) is 0. The lowest BCUT2D eigenvalue weighted by atomic mass is 9.87. The fourth-order valence-electron chi connectivity index (χ4n) is 7.74. The van der Waals surface area contributed by atoms with Gasteiger partial charge in [0.05, 0.1) is 0 Å². The average Bonchev–Trinajstić information content (AvgIpc) is 3.54. The summed E-state index contributed by atoms with van der Waals surface area (Å²) in [5.41, 5.74) is 9.08. The molecule has 0 N–H and O–H groups in total. The maximum absolute atomic E-state index is 7.10. The molecule has 0 atom stereocenters. The van der Waals surface area contributed by atoms with Crippen LogP contribution in [0.25, 0.3) is 98.8 Å². The van der Waals surface area contributed by atoms with E-state index in [-0.39, 0.29) is 0 Å². The molecule has 0 spiro atoms. The van der Waals surface area contributed by atoms with Crippen molar-refractivity contribution in [1.29, 1.82) is 0 Å². The average molecular weight is 597 g/mol. The van der Waals surface area contributed by atoms with Crippen molar-refractivity contribution in [3.8, 4) is 44.7 Å². The van der Waals surface area contributed by atoms with Crippen molar-refractivity contribution >= 4 is 54.1 Å². The van der Waals surface area contributed by atoms with Crippen LogP contribution in [0.15, 0.2) is 174 Å². The van der Waals surface area contributed by atoms with Crippen molar-refractivity contribution in [2.24, 2.45) is 0 Å². The third kappa shape index (κ3) is 3.90. The molecule has 1 aromatic heterocycles. The fraction of sp³-hybridized carbons (Fsp3) is 0. The van der Waals surface area contributed by atoms with E-state index in [0.29, 0.717) is 0 Å². The maximum atomic E-state index is 7.10. The van der Waals surface area contributed by atoms with Gasteiger partial charge in [0.2, 0.25) is 0 Å². The highest BCUT2D eigenvalue weighted by Crippen LogP contribution is 2.48. The Bertz CT molecular complexity index is 2760. The van der Waals surface area contributed by atoms with Gasteiger partial charge in [-0.2, -0.15) is 0 Å². The Hall–Kier alpha value is -6.18. The van der Waals surface area contributed by atoms with E-state index in [1.807, 2.05) is 0 Å². The minimum absolute atomic E-state index is 0.903. The van der Waals surface area contributed by atoms with Gasteiger partial charge in [0.15, 0.2) is 0 Å². The zero-order valence-electron chi connectivity index (χ0n) is 25.6. The monoisotopic (exact) mass is 596 g/mol. The highest BCUT2D eigenvalue weighted by atomic mass is 16.3. The summed E-state index contributed by atoms with van der Waals surface area (Å²) in [6, 6.07) is 61.3. The Balaban J connectivity index is 1.28. The summed E-state index contributed by atoms with van der Waals surface area (Å²) in [4.78, 5) is 0. The van der Waals surface area contributed by atoms with Gasteiger partial charge in [-0.05, 0) is 65.3 Å². The molecular formula is C46H28O. The minimum atomic E-state index is 0.903. The number of benzene rings is 9. The third-order valence-electron chi connectivity index (χ3n) is 9.85. The molecule has 1 heterocycles. The highest BCUT2D eigenvalue weighted by Gasteiger charge is 2.23. The second-order valence-corrected chi connectivity index (χ2v) is 12.4. The summed E-state index contributed by atoms with van der Waals surface area (Å²) in [5, 5.41) is 11.2. The molecule has 0 bridgehead atoms. The smallest absolute Gasteiger partial charge is 0.143 e. The minimum Gasteiger partial charge on any atom is -0.455 e. The maximum Gasteiger partial charge on any atom is 0.143 e. The van der Waals surface area contributed by atoms with E-state index < -0.39 is 0 Å². The van der Waals surface area contributed by atoms with E-state index in [0.717, 1.165) is 39.0 Å². The first-order chi connectivity index (χ1) is 23.3. The van der Waals surface area contributed by atoms with Crippen LogP contribution in [0.1, 0.15) is 0 Å². The molecule has 10 rings (SSSR count). The van der Waals surface area contributed by atoms with Crippen LogP contribution in [-0.4, -0.2) is 0 Å². The molecule has 9 aromatic carbocycles. The Morgan fingerprint density at radius 2 is 0.851 bits per heavy atom. The largest absolute Gasteiger partial charge is 0.455 e. The Morgan fingerprint density at radius 3 is 1.62 bits per heavy atom. The lowest BCUT2D eigenvalue weighted by molar-refractivity contribution is 0.634. The molecule has 10 aromatic rings. The molecule has 47 heavy (non-hydrogen) atoms. The molecule has 0 fully saturated rings. The Morgan fingerprint density at radius 1 is 0.298 bits per heavy atom. The van der Waals surface area contributed by atoms with Crippen molar-refractivity contribution in [3.63, 3.8) is 0 Å². The van der Waals surface area contributed by atoms with Crippen molar-refractivity contribution in [2.45, 2.75) is 0 Å². The second kappa shape index (κ2) is 10.2. The van der Waals surface area contributed by atoms with Crippen molar-refractivity contribution < 1.29 is 4.42 Å². The van der Waals surface area contributed by atoms with Gasteiger partial charge in [-0.1, -0.05) is 170 Å². The van der Waals surface area contributed by atoms with Crippen LogP contribution < -0.4 is 0 Å². The van der Waals surface area contributed by atoms with Crippen LogP contribution in [0.5, 0.6) is 0 Å². The zero-order valence-corrected chi connectivity index (χ0v) is 25.6. The van der Waals surface area contributed by atoms with Crippen LogP contribution in [0.4, 0.5) is 0 Å². The van der Waals surface area contributed by atoms with Crippen molar-refractivity contribution in [2.75, 3.05) is 0 Å². The summed E-state index contributed by atoms with van der Waals surface area (Å²) >= 11 is 0. The molecule has 0 saturated heterocycles. The molecule has 0 aliphatic rings. The number of para-hydroxylation sites is 1. The Labute approximate surface area is 272 Å². The lowest BCUT2D eigenvalue weighted by Crippen LogP contribution is -1.89. The van der Waals surface area contributed by atoms with Crippen molar-refractivity contribution in [3.05, 3.63) is 170 Å². The summed E-state index contributed by atoms with van der Waals surface area (Å²) in [7, 11) is 0. The van der Waals surface area contributed by atoms with Gasteiger partial charge in [0, 0.05) is 22.1 Å². The van der Waals surface area contributed by atoms with Crippen LogP contribution in [0.2, 0.25) is 0 Å². The summed E-state index contributed by atoms with van der Waals surface area (Å²) < 4.78 is 7.10. The van der Waals surface area contributed by atoms with E-state index in [2.05, 4.69) is 170 Å². The first-order valence-electron chi connectivity index (χ1n) is 16.2. The van der Waals surface area contributed by atoms with Gasteiger partial charge in [-0.15, -0.1) is 0 Å². The summed E-state index contributed by atoms with van der Waals surface area (Å²) in [6.45, 7) is 0. The van der Waals surface area contributed by atoms with Gasteiger partial charge >= 0.3 is 0 Å². The Kier molecular flexibility index (Phi) is 5.64. The number of fused-ring (bicyclic) bond motifs is 2. The number of hydrogen-bond donors (Lipinski definition) is 0. The molecular weight excluding hydrogens is 569 g/mol. The van der Waals surface area contributed by atoms with Gasteiger partial charge in [0.25, 0.3) is 0 Å². The number of rotatable bonds is 4. The molecule has 0 saturated carbocycles. The molecule has 0 aliphatic heterocycles. The lowest BCUT2D eigenvalue weighted by Gasteiger charge is -2.16. The first-order valence-corrected chi connectivity index (χ1v) is 16.2. The quantitative estimate of drug-likeness (QED) is 0.184. The third-order valence-corrected chi connectivity index (χ3v) is 9.85. The van der Waals surface area contributed by atoms with E-state index in [1.165, 1.54) is 59.8 Å². The molecule has 1 heteroatoms. The van der Waals surface area contributed by atoms with Gasteiger partial charge < -0.3 is 4.42 Å². The summed E-state index contributed by atoms with van der Waals surface area (Å²) in [5.74, 6) is 0.903. The number of furan rings is 1. The van der Waals surface area contributed by atoms with Crippen LogP contribution in [0.3, 0.4) is 0 Å². The molecule has 1 nitrogen and oxygen atoms in total. The first kappa shape index (κ1) is 26.1. The van der Waals surface area contributed by atoms with Crippen LogP contribution in [-0.2, 0) is 0 Å². The van der Waals surface area contributed by atoms with E-state index in [4.69, 9.17) is 4.42 Å². The topological polar surface area (TPSA) is 13.1 Å².